The van der Waals surface area contributed by atoms with E-state index in [-0.39, 0.29) is 0 Å². The van der Waals surface area contributed by atoms with Crippen molar-refractivity contribution in [1.29, 1.82) is 0 Å². The number of hydrogen-bond donors (Lipinski definition) is 2. The van der Waals surface area contributed by atoms with Gasteiger partial charge >= 0.3 is 0 Å². The maximum atomic E-state index is 10.9. The summed E-state index contributed by atoms with van der Waals surface area (Å²) in [4.78, 5) is 10.9. The molecular formula is C12H18N2OS. The van der Waals surface area contributed by atoms with E-state index in [2.05, 4.69) is 31.9 Å². The molecule has 1 rings (SSSR count). The Morgan fingerprint density at radius 3 is 2.38 bits per heavy atom. The maximum Gasteiger partial charge on any atom is 0.248 e. The Hall–Kier alpha value is -1.42. The van der Waals surface area contributed by atoms with Gasteiger partial charge in [-0.2, -0.15) is 0 Å². The normalized spacial score (nSPS) is 9.44. The molecule has 0 saturated heterocycles. The summed E-state index contributed by atoms with van der Waals surface area (Å²) < 4.78 is 0. The molecule has 0 aliphatic rings. The van der Waals surface area contributed by atoms with Gasteiger partial charge < -0.3 is 11.5 Å². The lowest BCUT2D eigenvalue weighted by molar-refractivity contribution is 0.100. The number of rotatable bonds is 3. The zero-order valence-electron chi connectivity index (χ0n) is 9.69. The Bertz CT molecular complexity index is 364. The van der Waals surface area contributed by atoms with Crippen LogP contribution in [0.25, 0.3) is 0 Å². The molecule has 1 aromatic rings. The van der Waals surface area contributed by atoms with Crippen LogP contribution in [0, 0.1) is 5.92 Å². The molecule has 0 saturated carbocycles. The molecule has 0 fully saturated rings. The van der Waals surface area contributed by atoms with Crippen LogP contribution in [0.2, 0.25) is 0 Å². The van der Waals surface area contributed by atoms with Crippen LogP contribution in [0.1, 0.15) is 29.8 Å². The van der Waals surface area contributed by atoms with Crippen molar-refractivity contribution < 1.29 is 4.79 Å². The molecule has 0 radical (unpaired) electrons. The Morgan fingerprint density at radius 1 is 1.44 bits per heavy atom. The standard InChI is InChI=1S/C11H16N2O.CH2S/c1-7(2)5-8-3-4-9(11(13)14)6-10(8)12;1-2/h3-4,6-7H,5,12H2,1-2H3,(H2,13,14);1H2. The lowest BCUT2D eigenvalue weighted by Crippen LogP contribution is -2.12. The number of thiocarbonyl (C=S) groups is 1. The van der Waals surface area contributed by atoms with Crippen molar-refractivity contribution in [3.05, 3.63) is 29.3 Å². The molecule has 0 atom stereocenters. The highest BCUT2D eigenvalue weighted by atomic mass is 32.1. The first kappa shape index (κ1) is 14.6. The topological polar surface area (TPSA) is 69.1 Å². The monoisotopic (exact) mass is 238 g/mol. The molecule has 0 aromatic heterocycles. The van der Waals surface area contributed by atoms with E-state index in [4.69, 9.17) is 11.5 Å². The molecule has 16 heavy (non-hydrogen) atoms. The Balaban J connectivity index is 0.00000106. The third-order valence-corrected chi connectivity index (χ3v) is 2.06. The second-order valence-electron chi connectivity index (χ2n) is 3.88. The molecule has 0 aliphatic carbocycles. The van der Waals surface area contributed by atoms with Crippen LogP contribution in [-0.2, 0) is 6.42 Å². The van der Waals surface area contributed by atoms with Gasteiger partial charge in [-0.3, -0.25) is 4.79 Å². The maximum absolute atomic E-state index is 10.9. The fraction of sp³-hybridized carbons (Fsp3) is 0.333. The van der Waals surface area contributed by atoms with E-state index in [0.29, 0.717) is 17.2 Å². The van der Waals surface area contributed by atoms with Gasteiger partial charge in [-0.1, -0.05) is 32.1 Å². The smallest absolute Gasteiger partial charge is 0.248 e. The highest BCUT2D eigenvalue weighted by Crippen LogP contribution is 2.17. The summed E-state index contributed by atoms with van der Waals surface area (Å²) in [7, 11) is 0. The van der Waals surface area contributed by atoms with Crippen LogP contribution in [0.15, 0.2) is 18.2 Å². The first-order chi connectivity index (χ1) is 7.50. The van der Waals surface area contributed by atoms with Gasteiger partial charge in [0.05, 0.1) is 0 Å². The van der Waals surface area contributed by atoms with Crippen LogP contribution in [0.5, 0.6) is 0 Å². The molecule has 0 unspecified atom stereocenters. The molecule has 3 nitrogen and oxygen atoms in total. The lowest BCUT2D eigenvalue weighted by Gasteiger charge is -2.08. The van der Waals surface area contributed by atoms with Crippen molar-refractivity contribution in [1.82, 2.24) is 0 Å². The molecule has 88 valence electrons. The van der Waals surface area contributed by atoms with Gasteiger partial charge in [-0.05, 0) is 35.9 Å². The summed E-state index contributed by atoms with van der Waals surface area (Å²) in [6.07, 6.45) is 0.922. The molecule has 0 aliphatic heterocycles. The van der Waals surface area contributed by atoms with Crippen molar-refractivity contribution in [3.8, 4) is 0 Å². The zero-order valence-corrected chi connectivity index (χ0v) is 10.5. The first-order valence-electron chi connectivity index (χ1n) is 4.97. The summed E-state index contributed by atoms with van der Waals surface area (Å²) >= 11 is 3.83. The van der Waals surface area contributed by atoms with E-state index in [1.54, 1.807) is 12.1 Å². The quantitative estimate of drug-likeness (QED) is 0.626. The van der Waals surface area contributed by atoms with Gasteiger partial charge in [-0.25, -0.2) is 0 Å². The lowest BCUT2D eigenvalue weighted by atomic mass is 10.00. The molecule has 0 bridgehead atoms. The number of benzene rings is 1. The number of nitrogens with two attached hydrogens (primary N) is 2. The predicted molar refractivity (Wildman–Crippen MR) is 72.6 cm³/mol. The minimum absolute atomic E-state index is 0.437. The molecule has 0 heterocycles. The second kappa shape index (κ2) is 6.95. The third-order valence-electron chi connectivity index (χ3n) is 2.06. The van der Waals surface area contributed by atoms with Crippen molar-refractivity contribution in [2.45, 2.75) is 20.3 Å². The number of primary amides is 1. The van der Waals surface area contributed by atoms with Crippen LogP contribution >= 0.6 is 12.2 Å². The third kappa shape index (κ3) is 4.40. The average molecular weight is 238 g/mol. The van der Waals surface area contributed by atoms with Crippen LogP contribution in [-0.4, -0.2) is 11.8 Å². The fourth-order valence-corrected chi connectivity index (χ4v) is 1.37. The SMILES string of the molecule is C=S.CC(C)Cc1ccc(C(N)=O)cc1N. The molecule has 4 N–H and O–H groups in total. The molecule has 4 heteroatoms. The van der Waals surface area contributed by atoms with E-state index in [1.807, 2.05) is 6.07 Å². The largest absolute Gasteiger partial charge is 0.398 e. The Kier molecular flexibility index (Phi) is 6.34. The van der Waals surface area contributed by atoms with Gasteiger partial charge in [0.2, 0.25) is 5.91 Å². The summed E-state index contributed by atoms with van der Waals surface area (Å²) in [6, 6.07) is 5.23. The highest BCUT2D eigenvalue weighted by molar-refractivity contribution is 7.77. The summed E-state index contributed by atoms with van der Waals surface area (Å²) in [5.41, 5.74) is 13.1. The summed E-state index contributed by atoms with van der Waals surface area (Å²) in [6.45, 7) is 4.25. The Labute approximate surface area is 102 Å². The number of carbonyl (C=O) groups excluding carboxylic acids is 1. The van der Waals surface area contributed by atoms with Gasteiger partial charge in [0, 0.05) is 11.3 Å². The molecule has 1 aromatic carbocycles. The number of hydrogen-bond acceptors (Lipinski definition) is 3. The summed E-state index contributed by atoms with van der Waals surface area (Å²) in [5.74, 6) is 2.95. The number of anilines is 1. The molecule has 1 amide bonds. The van der Waals surface area contributed by atoms with E-state index in [1.165, 1.54) is 0 Å². The number of nitrogen functional groups attached to an aromatic ring is 1. The second-order valence-corrected chi connectivity index (χ2v) is 3.88. The highest BCUT2D eigenvalue weighted by Gasteiger charge is 2.05. The van der Waals surface area contributed by atoms with E-state index in [0.717, 1.165) is 12.0 Å². The van der Waals surface area contributed by atoms with Crippen molar-refractivity contribution >= 4 is 29.7 Å². The Morgan fingerprint density at radius 2 is 2.00 bits per heavy atom. The number of carbonyl (C=O) groups is 1. The summed E-state index contributed by atoms with van der Waals surface area (Å²) in [5, 5.41) is 0. The molecular weight excluding hydrogens is 220 g/mol. The van der Waals surface area contributed by atoms with Crippen LogP contribution in [0.3, 0.4) is 0 Å². The van der Waals surface area contributed by atoms with E-state index >= 15 is 0 Å². The number of amides is 1. The van der Waals surface area contributed by atoms with Gasteiger partial charge in [0.25, 0.3) is 0 Å². The van der Waals surface area contributed by atoms with Gasteiger partial charge in [0.15, 0.2) is 0 Å². The van der Waals surface area contributed by atoms with E-state index in [9.17, 15) is 4.79 Å². The van der Waals surface area contributed by atoms with Crippen LogP contribution in [0.4, 0.5) is 5.69 Å². The van der Waals surface area contributed by atoms with Crippen molar-refractivity contribution in [2.24, 2.45) is 11.7 Å². The van der Waals surface area contributed by atoms with Gasteiger partial charge in [0.1, 0.15) is 0 Å². The minimum Gasteiger partial charge on any atom is -0.398 e. The average Bonchev–Trinajstić information content (AvgIpc) is 2.23. The van der Waals surface area contributed by atoms with E-state index < -0.39 is 5.91 Å². The first-order valence-corrected chi connectivity index (χ1v) is 5.55. The van der Waals surface area contributed by atoms with Crippen molar-refractivity contribution in [2.75, 3.05) is 5.73 Å². The minimum atomic E-state index is -0.437. The zero-order chi connectivity index (χ0) is 12.7. The van der Waals surface area contributed by atoms with Crippen LogP contribution < -0.4 is 11.5 Å². The molecule has 0 spiro atoms. The fourth-order valence-electron chi connectivity index (χ4n) is 1.37. The van der Waals surface area contributed by atoms with Crippen molar-refractivity contribution in [3.63, 3.8) is 0 Å². The predicted octanol–water partition coefficient (Wildman–Crippen LogP) is 2.18. The van der Waals surface area contributed by atoms with Gasteiger partial charge in [-0.15, -0.1) is 0 Å².